The van der Waals surface area contributed by atoms with E-state index in [4.69, 9.17) is 48.4 Å². The number of primary amides is 1. The molecule has 51 heavy (non-hydrogen) atoms. The van der Waals surface area contributed by atoms with Gasteiger partial charge in [-0.05, 0) is 25.7 Å². The molecule has 17 nitrogen and oxygen atoms in total. The third kappa shape index (κ3) is 13.8. The molecule has 3 rings (SSSR count). The Morgan fingerprint density at radius 1 is 0.725 bits per heavy atom. The molecule has 4 N–H and O–H groups in total. The fourth-order valence-corrected chi connectivity index (χ4v) is 5.45. The van der Waals surface area contributed by atoms with Crippen LogP contribution in [0.4, 0.5) is 4.79 Å². The van der Waals surface area contributed by atoms with Gasteiger partial charge in [0.05, 0.1) is 19.8 Å². The van der Waals surface area contributed by atoms with Crippen molar-refractivity contribution in [2.75, 3.05) is 52.9 Å². The van der Waals surface area contributed by atoms with E-state index in [2.05, 4.69) is 37.8 Å². The number of carbonyl (C=O) groups is 2. The van der Waals surface area contributed by atoms with Crippen molar-refractivity contribution < 1.29 is 62.4 Å². The summed E-state index contributed by atoms with van der Waals surface area (Å²) in [6.07, 6.45) is 0.355. The van der Waals surface area contributed by atoms with Gasteiger partial charge in [-0.2, -0.15) is 0 Å². The predicted octanol–water partition coefficient (Wildman–Crippen LogP) is 2.65. The summed E-state index contributed by atoms with van der Waals surface area (Å²) in [5.74, 6) is -1.14. The highest BCUT2D eigenvalue weighted by molar-refractivity contribution is 5.88. The Morgan fingerprint density at radius 3 is 1.96 bits per heavy atom. The van der Waals surface area contributed by atoms with Crippen LogP contribution in [-0.2, 0) is 42.6 Å². The van der Waals surface area contributed by atoms with E-state index in [1.54, 1.807) is 0 Å². The first kappa shape index (κ1) is 42.9. The maximum absolute atomic E-state index is 12.3. The normalized spacial score (nSPS) is 27.8. The summed E-state index contributed by atoms with van der Waals surface area (Å²) in [5, 5.41) is 24.6. The van der Waals surface area contributed by atoms with Gasteiger partial charge in [0.2, 0.25) is 5.82 Å². The van der Waals surface area contributed by atoms with E-state index in [1.165, 1.54) is 0 Å². The van der Waals surface area contributed by atoms with E-state index in [0.717, 1.165) is 62.4 Å². The number of amides is 1. The van der Waals surface area contributed by atoms with Crippen molar-refractivity contribution in [1.29, 1.82) is 0 Å². The van der Waals surface area contributed by atoms with Crippen molar-refractivity contribution in [3.05, 3.63) is 12.2 Å². The van der Waals surface area contributed by atoms with Gasteiger partial charge in [0, 0.05) is 32.8 Å². The SMILES string of the molecule is CCCCOCC1O[C@@H](OCCCOC(=O)OC[C@H]2O[C@@H](n3cnc(C(N)=O)n3)[C@H](O)[C@@H]2O)C(OCCCC)C(OCCCC)[C@H]1OCCCC. The molecule has 3 heterocycles. The number of nitrogens with zero attached hydrogens (tertiary/aromatic N) is 3. The fourth-order valence-electron chi connectivity index (χ4n) is 5.45. The number of ether oxygens (including phenoxy) is 9. The lowest BCUT2D eigenvalue weighted by molar-refractivity contribution is -0.324. The largest absolute Gasteiger partial charge is 0.508 e. The van der Waals surface area contributed by atoms with Crippen molar-refractivity contribution in [3.8, 4) is 0 Å². The molecule has 2 aliphatic rings. The van der Waals surface area contributed by atoms with Crippen molar-refractivity contribution >= 4 is 12.1 Å². The second-order valence-electron chi connectivity index (χ2n) is 12.6. The Balaban J connectivity index is 1.54. The van der Waals surface area contributed by atoms with Crippen LogP contribution in [0.3, 0.4) is 0 Å². The van der Waals surface area contributed by atoms with Gasteiger partial charge in [0.25, 0.3) is 5.91 Å². The lowest BCUT2D eigenvalue weighted by Gasteiger charge is -2.46. The number of unbranched alkanes of at least 4 members (excludes halogenated alkanes) is 4. The van der Waals surface area contributed by atoms with E-state index < -0.39 is 73.9 Å². The Hall–Kier alpha value is -2.48. The van der Waals surface area contributed by atoms with E-state index >= 15 is 0 Å². The van der Waals surface area contributed by atoms with Gasteiger partial charge in [-0.3, -0.25) is 4.79 Å². The van der Waals surface area contributed by atoms with E-state index in [9.17, 15) is 19.8 Å². The molecular formula is C34H60N4O13. The molecule has 9 atom stereocenters. The van der Waals surface area contributed by atoms with Crippen molar-refractivity contribution in [1.82, 2.24) is 14.8 Å². The first-order valence-electron chi connectivity index (χ1n) is 18.5. The minimum Gasteiger partial charge on any atom is -0.434 e. The highest BCUT2D eigenvalue weighted by atomic mass is 16.7. The van der Waals surface area contributed by atoms with E-state index in [0.29, 0.717) is 39.5 Å². The van der Waals surface area contributed by atoms with Crippen LogP contribution in [0.5, 0.6) is 0 Å². The number of carbonyl (C=O) groups excluding carboxylic acids is 2. The van der Waals surface area contributed by atoms with Crippen LogP contribution in [0.15, 0.2) is 6.33 Å². The summed E-state index contributed by atoms with van der Waals surface area (Å²) >= 11 is 0. The number of nitrogens with two attached hydrogens (primary N) is 1. The first-order chi connectivity index (χ1) is 24.7. The molecule has 1 aromatic rings. The number of rotatable bonds is 26. The van der Waals surface area contributed by atoms with Crippen molar-refractivity contribution in [2.45, 2.75) is 141 Å². The second-order valence-corrected chi connectivity index (χ2v) is 12.6. The summed E-state index contributed by atoms with van der Waals surface area (Å²) in [4.78, 5) is 27.4. The zero-order valence-corrected chi connectivity index (χ0v) is 30.6. The number of aliphatic hydroxyl groups excluding tert-OH is 2. The molecule has 2 aliphatic heterocycles. The summed E-state index contributed by atoms with van der Waals surface area (Å²) in [6.45, 7) is 10.8. The average Bonchev–Trinajstić information content (AvgIpc) is 3.72. The minimum absolute atomic E-state index is 0.0240. The molecule has 0 saturated carbocycles. The molecule has 1 aromatic heterocycles. The summed E-state index contributed by atoms with van der Waals surface area (Å²) < 4.78 is 54.9. The van der Waals surface area contributed by atoms with Crippen molar-refractivity contribution in [2.24, 2.45) is 5.73 Å². The Labute approximate surface area is 300 Å². The maximum Gasteiger partial charge on any atom is 0.508 e. The standard InChI is InChI=1S/C34H60N4O13/c1-5-9-14-43-20-24-27(44-15-10-6-2)28(45-16-11-7-3)29(46-17-12-8-4)33(51-24)47-18-13-19-48-34(42)49-21-23-25(39)26(40)32(50-23)38-22-36-31(37-38)30(35)41/h22-29,32-33,39-40H,5-21H2,1-4H3,(H2,35,41)/t23-,24?,25-,26-,27+,28?,29?,32-,33-/m1/s1. The number of aliphatic hydroxyl groups is 2. The molecule has 0 aliphatic carbocycles. The highest BCUT2D eigenvalue weighted by Gasteiger charge is 2.49. The monoisotopic (exact) mass is 732 g/mol. The molecule has 17 heteroatoms. The van der Waals surface area contributed by atoms with E-state index in [1.807, 2.05) is 0 Å². The van der Waals surface area contributed by atoms with Crippen LogP contribution in [0.2, 0.25) is 0 Å². The number of aromatic nitrogens is 3. The smallest absolute Gasteiger partial charge is 0.434 e. The van der Waals surface area contributed by atoms with E-state index in [-0.39, 0.29) is 19.0 Å². The molecule has 2 fully saturated rings. The minimum atomic E-state index is -1.43. The number of hydrogen-bond donors (Lipinski definition) is 3. The van der Waals surface area contributed by atoms with Crippen LogP contribution < -0.4 is 5.73 Å². The predicted molar refractivity (Wildman–Crippen MR) is 181 cm³/mol. The molecule has 1 amide bonds. The van der Waals surface area contributed by atoms with Crippen LogP contribution in [-0.4, -0.2) is 139 Å². The second kappa shape index (κ2) is 24.0. The van der Waals surface area contributed by atoms with Gasteiger partial charge in [0.1, 0.15) is 55.7 Å². The topological polar surface area (TPSA) is 214 Å². The average molecular weight is 733 g/mol. The maximum atomic E-state index is 12.3. The third-order valence-corrected chi connectivity index (χ3v) is 8.42. The molecule has 0 aromatic carbocycles. The van der Waals surface area contributed by atoms with Gasteiger partial charge in [-0.1, -0.05) is 53.4 Å². The molecule has 2 saturated heterocycles. The van der Waals surface area contributed by atoms with Gasteiger partial charge in [-0.25, -0.2) is 14.5 Å². The molecule has 0 spiro atoms. The van der Waals surface area contributed by atoms with Crippen LogP contribution in [0.1, 0.15) is 102 Å². The molecule has 0 bridgehead atoms. The summed E-state index contributed by atoms with van der Waals surface area (Å²) in [5.41, 5.74) is 5.17. The first-order valence-corrected chi connectivity index (χ1v) is 18.5. The highest BCUT2D eigenvalue weighted by Crippen LogP contribution is 2.31. The summed E-state index contributed by atoms with van der Waals surface area (Å²) in [7, 11) is 0. The van der Waals surface area contributed by atoms with Crippen LogP contribution in [0, 0.1) is 0 Å². The zero-order chi connectivity index (χ0) is 37.0. The van der Waals surface area contributed by atoms with Crippen LogP contribution in [0.25, 0.3) is 0 Å². The third-order valence-electron chi connectivity index (χ3n) is 8.42. The Kier molecular flexibility index (Phi) is 20.2. The van der Waals surface area contributed by atoms with Gasteiger partial charge < -0.3 is 58.6 Å². The van der Waals surface area contributed by atoms with Gasteiger partial charge >= 0.3 is 6.16 Å². The zero-order valence-electron chi connectivity index (χ0n) is 30.6. The summed E-state index contributed by atoms with van der Waals surface area (Å²) in [6, 6.07) is 0. The van der Waals surface area contributed by atoms with Gasteiger partial charge in [-0.15, -0.1) is 5.10 Å². The number of hydrogen-bond acceptors (Lipinski definition) is 15. The Bertz CT molecular complexity index is 1110. The van der Waals surface area contributed by atoms with Crippen LogP contribution >= 0.6 is 0 Å². The lowest BCUT2D eigenvalue weighted by Crippen LogP contribution is -2.62. The molecule has 294 valence electrons. The lowest BCUT2D eigenvalue weighted by atomic mass is 9.98. The van der Waals surface area contributed by atoms with Gasteiger partial charge in [0.15, 0.2) is 12.5 Å². The fraction of sp³-hybridized carbons (Fsp3) is 0.882. The molecular weight excluding hydrogens is 672 g/mol. The Morgan fingerprint density at radius 2 is 1.33 bits per heavy atom. The quantitative estimate of drug-likeness (QED) is 0.0922. The molecule has 0 radical (unpaired) electrons. The van der Waals surface area contributed by atoms with Crippen molar-refractivity contribution in [3.63, 3.8) is 0 Å². The molecule has 3 unspecified atom stereocenters.